The average molecular weight is 390 g/mol. The minimum Gasteiger partial charge on any atom is -0.461 e. The molecule has 3 nitrogen and oxygen atoms in total. The van der Waals surface area contributed by atoms with E-state index in [9.17, 15) is 13.2 Å². The van der Waals surface area contributed by atoms with Crippen molar-refractivity contribution in [3.8, 4) is 5.75 Å². The number of nitrogens with zero attached hydrogens (tertiary/aromatic N) is 2. The normalized spacial score (nSPS) is 19.6. The lowest BCUT2D eigenvalue weighted by Gasteiger charge is -2.31. The molecule has 28 heavy (non-hydrogen) atoms. The van der Waals surface area contributed by atoms with Crippen LogP contribution in [0.15, 0.2) is 42.3 Å². The van der Waals surface area contributed by atoms with Gasteiger partial charge in [-0.05, 0) is 43.0 Å². The molecule has 150 valence electrons. The van der Waals surface area contributed by atoms with Crippen molar-refractivity contribution in [3.05, 3.63) is 47.9 Å². The third kappa shape index (κ3) is 4.32. The molecule has 1 fully saturated rings. The summed E-state index contributed by atoms with van der Waals surface area (Å²) in [5.74, 6) is 2.06. The van der Waals surface area contributed by atoms with Crippen molar-refractivity contribution in [2.24, 2.45) is 5.92 Å². The predicted molar refractivity (Wildman–Crippen MR) is 103 cm³/mol. The summed E-state index contributed by atoms with van der Waals surface area (Å²) in [4.78, 5) is 6.40. The number of halogens is 3. The van der Waals surface area contributed by atoms with E-state index in [2.05, 4.69) is 16.0 Å². The molecule has 0 saturated heterocycles. The SMILES string of the molecule is FC(F)(F)c1cccc2c(OC3=CCN(CC4CCCCC4)CC3)ccnc12. The maximum Gasteiger partial charge on any atom is 0.418 e. The first kappa shape index (κ1) is 19.2. The lowest BCUT2D eigenvalue weighted by molar-refractivity contribution is -0.136. The van der Waals surface area contributed by atoms with Crippen LogP contribution in [0.1, 0.15) is 44.1 Å². The summed E-state index contributed by atoms with van der Waals surface area (Å²) in [6.07, 6.45) is 6.49. The number of rotatable bonds is 4. The van der Waals surface area contributed by atoms with Gasteiger partial charge in [0, 0.05) is 37.6 Å². The van der Waals surface area contributed by atoms with Gasteiger partial charge in [-0.2, -0.15) is 13.2 Å². The van der Waals surface area contributed by atoms with E-state index in [1.54, 1.807) is 12.1 Å². The summed E-state index contributed by atoms with van der Waals surface area (Å²) in [6, 6.07) is 5.73. The molecule has 1 aliphatic carbocycles. The van der Waals surface area contributed by atoms with Crippen molar-refractivity contribution in [3.63, 3.8) is 0 Å². The molecule has 0 spiro atoms. The van der Waals surface area contributed by atoms with Crippen molar-refractivity contribution in [2.75, 3.05) is 19.6 Å². The summed E-state index contributed by atoms with van der Waals surface area (Å²) < 4.78 is 45.7. The van der Waals surface area contributed by atoms with Gasteiger partial charge >= 0.3 is 6.18 Å². The number of benzene rings is 1. The minimum absolute atomic E-state index is 0.0668. The number of ether oxygens (including phenoxy) is 1. The fraction of sp³-hybridized carbons (Fsp3) is 0.500. The van der Waals surface area contributed by atoms with Crippen LogP contribution in [0.4, 0.5) is 13.2 Å². The van der Waals surface area contributed by atoms with E-state index in [0.717, 1.165) is 43.8 Å². The van der Waals surface area contributed by atoms with Crippen molar-refractivity contribution >= 4 is 10.9 Å². The van der Waals surface area contributed by atoms with E-state index in [1.807, 2.05) is 0 Å². The first-order chi connectivity index (χ1) is 13.5. The second-order valence-electron chi connectivity index (χ2n) is 7.79. The highest BCUT2D eigenvalue weighted by atomic mass is 19.4. The Kier molecular flexibility index (Phi) is 5.58. The van der Waals surface area contributed by atoms with Gasteiger partial charge in [0.05, 0.1) is 11.1 Å². The van der Waals surface area contributed by atoms with Gasteiger partial charge in [-0.25, -0.2) is 0 Å². The van der Waals surface area contributed by atoms with Gasteiger partial charge in [-0.3, -0.25) is 9.88 Å². The van der Waals surface area contributed by atoms with Crippen LogP contribution in [-0.4, -0.2) is 29.5 Å². The molecule has 0 atom stereocenters. The van der Waals surface area contributed by atoms with Gasteiger partial charge in [0.1, 0.15) is 11.5 Å². The number of hydrogen-bond donors (Lipinski definition) is 0. The highest BCUT2D eigenvalue weighted by molar-refractivity contribution is 5.87. The van der Waals surface area contributed by atoms with Gasteiger partial charge in [0.2, 0.25) is 0 Å². The summed E-state index contributed by atoms with van der Waals surface area (Å²) in [6.45, 7) is 2.90. The molecule has 0 N–H and O–H groups in total. The molecule has 0 radical (unpaired) electrons. The molecule has 1 aromatic heterocycles. The van der Waals surface area contributed by atoms with E-state index in [1.165, 1.54) is 44.4 Å². The van der Waals surface area contributed by atoms with Gasteiger partial charge in [0.25, 0.3) is 0 Å². The topological polar surface area (TPSA) is 25.4 Å². The molecule has 1 aromatic carbocycles. The Labute approximate surface area is 163 Å². The Bertz CT molecular complexity index is 856. The zero-order valence-corrected chi connectivity index (χ0v) is 15.8. The minimum atomic E-state index is -4.44. The number of pyridine rings is 1. The van der Waals surface area contributed by atoms with Crippen LogP contribution in [0.5, 0.6) is 5.75 Å². The van der Waals surface area contributed by atoms with Crippen molar-refractivity contribution in [1.82, 2.24) is 9.88 Å². The second-order valence-corrected chi connectivity index (χ2v) is 7.79. The summed E-state index contributed by atoms with van der Waals surface area (Å²) in [7, 11) is 0. The van der Waals surface area contributed by atoms with Crippen molar-refractivity contribution in [1.29, 1.82) is 0 Å². The van der Waals surface area contributed by atoms with E-state index in [4.69, 9.17) is 4.74 Å². The molecular weight excluding hydrogens is 365 g/mol. The maximum atomic E-state index is 13.2. The molecule has 4 rings (SSSR count). The molecule has 1 saturated carbocycles. The second kappa shape index (κ2) is 8.11. The Morgan fingerprint density at radius 1 is 1.11 bits per heavy atom. The van der Waals surface area contributed by atoms with Gasteiger partial charge in [0.15, 0.2) is 0 Å². The Morgan fingerprint density at radius 2 is 1.93 bits per heavy atom. The van der Waals surface area contributed by atoms with Crippen LogP contribution in [-0.2, 0) is 6.18 Å². The lowest BCUT2D eigenvalue weighted by atomic mass is 9.89. The van der Waals surface area contributed by atoms with Crippen molar-refractivity contribution in [2.45, 2.75) is 44.7 Å². The zero-order valence-electron chi connectivity index (χ0n) is 15.8. The fourth-order valence-corrected chi connectivity index (χ4v) is 4.30. The van der Waals surface area contributed by atoms with Gasteiger partial charge in [-0.1, -0.05) is 25.3 Å². The largest absolute Gasteiger partial charge is 0.461 e. The first-order valence-electron chi connectivity index (χ1n) is 10.0. The summed E-state index contributed by atoms with van der Waals surface area (Å²) in [5, 5.41) is 0.392. The predicted octanol–water partition coefficient (Wildman–Crippen LogP) is 5.80. The molecule has 6 heteroatoms. The third-order valence-electron chi connectivity index (χ3n) is 5.77. The van der Waals surface area contributed by atoms with Crippen LogP contribution in [0.2, 0.25) is 0 Å². The van der Waals surface area contributed by atoms with Crippen LogP contribution < -0.4 is 4.74 Å². The first-order valence-corrected chi connectivity index (χ1v) is 10.0. The van der Waals surface area contributed by atoms with E-state index < -0.39 is 11.7 Å². The van der Waals surface area contributed by atoms with E-state index in [-0.39, 0.29) is 5.52 Å². The number of hydrogen-bond acceptors (Lipinski definition) is 3. The standard InChI is InChI=1S/C22H25F3N2O/c23-22(24,25)19-8-4-7-18-20(9-12-26-21(18)19)28-17-10-13-27(14-11-17)15-16-5-2-1-3-6-16/h4,7-10,12,16H,1-3,5-6,11,13-15H2. The summed E-state index contributed by atoms with van der Waals surface area (Å²) >= 11 is 0. The Hall–Kier alpha value is -2.08. The highest BCUT2D eigenvalue weighted by Gasteiger charge is 2.33. The quantitative estimate of drug-likeness (QED) is 0.659. The molecule has 0 unspecified atom stereocenters. The van der Waals surface area contributed by atoms with Crippen LogP contribution in [0, 0.1) is 5.92 Å². The average Bonchev–Trinajstić information content (AvgIpc) is 2.69. The molecule has 2 aromatic rings. The molecule has 0 bridgehead atoms. The number of aromatic nitrogens is 1. The Balaban J connectivity index is 1.47. The molecule has 0 amide bonds. The number of para-hydroxylation sites is 1. The fourth-order valence-electron chi connectivity index (χ4n) is 4.30. The maximum absolute atomic E-state index is 13.2. The van der Waals surface area contributed by atoms with Crippen LogP contribution in [0.25, 0.3) is 10.9 Å². The Morgan fingerprint density at radius 3 is 2.64 bits per heavy atom. The molecule has 2 aliphatic rings. The van der Waals surface area contributed by atoms with Gasteiger partial charge in [-0.15, -0.1) is 0 Å². The molecular formula is C22H25F3N2O. The monoisotopic (exact) mass is 390 g/mol. The molecule has 2 heterocycles. The van der Waals surface area contributed by atoms with Crippen LogP contribution >= 0.6 is 0 Å². The third-order valence-corrected chi connectivity index (χ3v) is 5.77. The highest BCUT2D eigenvalue weighted by Crippen LogP contribution is 2.37. The van der Waals surface area contributed by atoms with Crippen LogP contribution in [0.3, 0.4) is 0 Å². The van der Waals surface area contributed by atoms with E-state index in [0.29, 0.717) is 11.1 Å². The molecule has 1 aliphatic heterocycles. The van der Waals surface area contributed by atoms with Crippen molar-refractivity contribution < 1.29 is 17.9 Å². The lowest BCUT2D eigenvalue weighted by Crippen LogP contribution is -2.34. The zero-order chi connectivity index (χ0) is 19.6. The van der Waals surface area contributed by atoms with Gasteiger partial charge < -0.3 is 4.74 Å². The number of alkyl halides is 3. The van der Waals surface area contributed by atoms with E-state index >= 15 is 0 Å². The number of fused-ring (bicyclic) bond motifs is 1. The smallest absolute Gasteiger partial charge is 0.418 e. The summed E-state index contributed by atoms with van der Waals surface area (Å²) in [5.41, 5.74) is -0.797.